The Kier molecular flexibility index (Phi) is 6.49. The Morgan fingerprint density at radius 2 is 2.15 bits per heavy atom. The number of hydrogen-bond acceptors (Lipinski definition) is 4. The van der Waals surface area contributed by atoms with Crippen LogP contribution in [-0.4, -0.2) is 34.0 Å². The largest absolute Gasteiger partial charge is 0.368 e. The lowest BCUT2D eigenvalue weighted by Crippen LogP contribution is -2.49. The number of rotatable bonds is 2. The van der Waals surface area contributed by atoms with Crippen LogP contribution in [-0.2, 0) is 12.8 Å². The van der Waals surface area contributed by atoms with Gasteiger partial charge < -0.3 is 5.73 Å². The van der Waals surface area contributed by atoms with Gasteiger partial charge in [-0.2, -0.15) is 0 Å². The number of nitrogen functional groups attached to an aromatic ring is 1. The maximum Gasteiger partial charge on any atom is 0.220 e. The molecule has 6 heteroatoms. The van der Waals surface area contributed by atoms with Crippen molar-refractivity contribution in [1.29, 1.82) is 0 Å². The van der Waals surface area contributed by atoms with E-state index in [9.17, 15) is 0 Å². The van der Waals surface area contributed by atoms with E-state index in [0.717, 1.165) is 18.8 Å². The van der Waals surface area contributed by atoms with Crippen LogP contribution in [0.15, 0.2) is 6.20 Å². The second-order valence-corrected chi connectivity index (χ2v) is 5.61. The van der Waals surface area contributed by atoms with Crippen molar-refractivity contribution in [2.24, 2.45) is 5.92 Å². The van der Waals surface area contributed by atoms with Crippen LogP contribution in [0.1, 0.15) is 37.4 Å². The number of fused-ring (bicyclic) bond motifs is 2. The highest BCUT2D eigenvalue weighted by molar-refractivity contribution is 5.85. The molecule has 1 aliphatic heterocycles. The molecule has 0 spiro atoms. The molecule has 2 atom stereocenters. The van der Waals surface area contributed by atoms with Gasteiger partial charge in [-0.15, -0.1) is 24.8 Å². The van der Waals surface area contributed by atoms with Crippen molar-refractivity contribution in [3.8, 4) is 0 Å². The first kappa shape index (κ1) is 17.5. The highest BCUT2D eigenvalue weighted by atomic mass is 35.5. The fourth-order valence-corrected chi connectivity index (χ4v) is 3.59. The first-order valence-corrected chi connectivity index (χ1v) is 7.12. The topological polar surface area (TPSA) is 55.0 Å². The molecule has 20 heavy (non-hydrogen) atoms. The normalized spacial score (nSPS) is 24.9. The lowest BCUT2D eigenvalue weighted by atomic mass is 9.77. The number of nitrogens with two attached hydrogens (primary N) is 1. The summed E-state index contributed by atoms with van der Waals surface area (Å²) < 4.78 is 0. The van der Waals surface area contributed by atoms with E-state index in [0.29, 0.717) is 12.0 Å². The lowest BCUT2D eigenvalue weighted by molar-refractivity contribution is 0.0845. The molecule has 0 radical (unpaired) electrons. The first-order chi connectivity index (χ1) is 8.78. The van der Waals surface area contributed by atoms with Crippen LogP contribution < -0.4 is 5.73 Å². The van der Waals surface area contributed by atoms with Crippen LogP contribution in [0.3, 0.4) is 0 Å². The maximum absolute atomic E-state index is 5.69. The van der Waals surface area contributed by atoms with Gasteiger partial charge in [-0.05, 0) is 56.7 Å². The standard InChI is InChI=1S/C14H22N4.2ClH/c1-2-5-18-6-3-4-10-7-12-11(8-13(10)18)9-16-14(15)17-12;;/h9-10,13H,2-8H2,1H3,(H2,15,16,17);2*1H. The number of hydrogen-bond donors (Lipinski definition) is 1. The zero-order valence-corrected chi connectivity index (χ0v) is 13.6. The van der Waals surface area contributed by atoms with Gasteiger partial charge in [-0.1, -0.05) is 6.92 Å². The predicted molar refractivity (Wildman–Crippen MR) is 86.7 cm³/mol. The molecular formula is C14H24Cl2N4. The third kappa shape index (κ3) is 3.35. The van der Waals surface area contributed by atoms with Gasteiger partial charge in [-0.3, -0.25) is 4.90 Å². The summed E-state index contributed by atoms with van der Waals surface area (Å²) >= 11 is 0. The molecule has 2 aliphatic rings. The summed E-state index contributed by atoms with van der Waals surface area (Å²) in [5.41, 5.74) is 8.20. The number of halogens is 2. The number of aromatic nitrogens is 2. The molecule has 0 amide bonds. The lowest BCUT2D eigenvalue weighted by Gasteiger charge is -2.44. The van der Waals surface area contributed by atoms with E-state index in [4.69, 9.17) is 5.73 Å². The van der Waals surface area contributed by atoms with Crippen LogP contribution >= 0.6 is 24.8 Å². The van der Waals surface area contributed by atoms with Gasteiger partial charge in [0.1, 0.15) is 0 Å². The molecule has 114 valence electrons. The molecule has 1 aromatic rings. The van der Waals surface area contributed by atoms with Gasteiger partial charge in [0.25, 0.3) is 0 Å². The van der Waals surface area contributed by atoms with Gasteiger partial charge in [-0.25, -0.2) is 9.97 Å². The van der Waals surface area contributed by atoms with Crippen molar-refractivity contribution in [2.75, 3.05) is 18.8 Å². The van der Waals surface area contributed by atoms with E-state index in [1.165, 1.54) is 43.6 Å². The first-order valence-electron chi connectivity index (χ1n) is 7.12. The van der Waals surface area contributed by atoms with Crippen molar-refractivity contribution >= 4 is 30.8 Å². The second-order valence-electron chi connectivity index (χ2n) is 5.61. The molecule has 1 aromatic heterocycles. The number of piperidine rings is 1. The Labute approximate surface area is 133 Å². The number of nitrogens with zero attached hydrogens (tertiary/aromatic N) is 3. The summed E-state index contributed by atoms with van der Waals surface area (Å²) in [7, 11) is 0. The second kappa shape index (κ2) is 7.43. The van der Waals surface area contributed by atoms with Crippen molar-refractivity contribution in [1.82, 2.24) is 14.9 Å². The summed E-state index contributed by atoms with van der Waals surface area (Å²) in [5, 5.41) is 0. The summed E-state index contributed by atoms with van der Waals surface area (Å²) in [6, 6.07) is 0.707. The quantitative estimate of drug-likeness (QED) is 0.910. The molecule has 0 aromatic carbocycles. The van der Waals surface area contributed by atoms with E-state index in [1.807, 2.05) is 6.20 Å². The summed E-state index contributed by atoms with van der Waals surface area (Å²) in [4.78, 5) is 11.2. The highest BCUT2D eigenvalue weighted by Gasteiger charge is 2.35. The minimum atomic E-state index is 0. The Hall–Kier alpha value is -0.580. The van der Waals surface area contributed by atoms with E-state index >= 15 is 0 Å². The van der Waals surface area contributed by atoms with E-state index in [2.05, 4.69) is 21.8 Å². The molecule has 2 unspecified atom stereocenters. The van der Waals surface area contributed by atoms with Crippen molar-refractivity contribution < 1.29 is 0 Å². The maximum atomic E-state index is 5.69. The van der Waals surface area contributed by atoms with Crippen molar-refractivity contribution in [2.45, 2.75) is 45.1 Å². The summed E-state index contributed by atoms with van der Waals surface area (Å²) in [5.74, 6) is 1.19. The fraction of sp³-hybridized carbons (Fsp3) is 0.714. The Morgan fingerprint density at radius 3 is 2.90 bits per heavy atom. The third-order valence-electron chi connectivity index (χ3n) is 4.40. The van der Waals surface area contributed by atoms with Crippen molar-refractivity contribution in [3.05, 3.63) is 17.5 Å². The van der Waals surface area contributed by atoms with Crippen LogP contribution in [0.25, 0.3) is 0 Å². The smallest absolute Gasteiger partial charge is 0.220 e. The number of anilines is 1. The zero-order valence-electron chi connectivity index (χ0n) is 11.9. The average molecular weight is 319 g/mol. The van der Waals surface area contributed by atoms with Crippen LogP contribution in [0.2, 0.25) is 0 Å². The summed E-state index contributed by atoms with van der Waals surface area (Å²) in [6.07, 6.45) is 8.06. The van der Waals surface area contributed by atoms with Gasteiger partial charge in [0, 0.05) is 17.9 Å². The van der Waals surface area contributed by atoms with Gasteiger partial charge in [0.05, 0.1) is 0 Å². The highest BCUT2D eigenvalue weighted by Crippen LogP contribution is 2.34. The monoisotopic (exact) mass is 318 g/mol. The van der Waals surface area contributed by atoms with Crippen LogP contribution in [0, 0.1) is 5.92 Å². The van der Waals surface area contributed by atoms with E-state index in [-0.39, 0.29) is 24.8 Å². The Morgan fingerprint density at radius 1 is 1.35 bits per heavy atom. The van der Waals surface area contributed by atoms with Crippen molar-refractivity contribution in [3.63, 3.8) is 0 Å². The van der Waals surface area contributed by atoms with Gasteiger partial charge in [0.15, 0.2) is 0 Å². The third-order valence-corrected chi connectivity index (χ3v) is 4.40. The SMILES string of the molecule is CCCN1CCCC2Cc3nc(N)ncc3CC21.Cl.Cl. The average Bonchev–Trinajstić information content (AvgIpc) is 2.37. The molecular weight excluding hydrogens is 295 g/mol. The molecule has 1 aliphatic carbocycles. The van der Waals surface area contributed by atoms with Crippen LogP contribution in [0.4, 0.5) is 5.95 Å². The summed E-state index contributed by atoms with van der Waals surface area (Å²) in [6.45, 7) is 4.76. The van der Waals surface area contributed by atoms with E-state index < -0.39 is 0 Å². The van der Waals surface area contributed by atoms with E-state index in [1.54, 1.807) is 0 Å². The predicted octanol–water partition coefficient (Wildman–Crippen LogP) is 2.49. The van der Waals surface area contributed by atoms with Gasteiger partial charge >= 0.3 is 0 Å². The molecule has 1 fully saturated rings. The molecule has 2 heterocycles. The molecule has 2 N–H and O–H groups in total. The number of likely N-dealkylation sites (tertiary alicyclic amines) is 1. The molecule has 4 nitrogen and oxygen atoms in total. The Balaban J connectivity index is 0.000001000. The van der Waals surface area contributed by atoms with Gasteiger partial charge in [0.2, 0.25) is 5.95 Å². The van der Waals surface area contributed by atoms with Crippen LogP contribution in [0.5, 0.6) is 0 Å². The molecule has 3 rings (SSSR count). The Bertz CT molecular complexity index is 439. The minimum absolute atomic E-state index is 0. The molecule has 1 saturated heterocycles. The minimum Gasteiger partial charge on any atom is -0.368 e. The molecule has 0 bridgehead atoms. The molecule has 0 saturated carbocycles. The fourth-order valence-electron chi connectivity index (χ4n) is 3.59. The zero-order chi connectivity index (χ0) is 12.5.